The van der Waals surface area contributed by atoms with Crippen LogP contribution in [0.1, 0.15) is 0 Å². The molecule has 0 saturated heterocycles. The van der Waals surface area contributed by atoms with Gasteiger partial charge < -0.3 is 5.32 Å². The lowest BCUT2D eigenvalue weighted by molar-refractivity contribution is 0.627. The first-order valence-corrected chi connectivity index (χ1v) is 6.23. The maximum absolute atomic E-state index is 13.0. The lowest BCUT2D eigenvalue weighted by Crippen LogP contribution is -2.11. The highest BCUT2D eigenvalue weighted by atomic mass is 19.1. The molecule has 0 fully saturated rings. The minimum atomic E-state index is -0.227. The monoisotopic (exact) mass is 255 g/mol. The highest BCUT2D eigenvalue weighted by Crippen LogP contribution is 2.13. The van der Waals surface area contributed by atoms with Crippen molar-refractivity contribution in [3.05, 3.63) is 60.5 Å². The van der Waals surface area contributed by atoms with Gasteiger partial charge in [-0.25, -0.2) is 4.39 Å². The smallest absolute Gasteiger partial charge is 0.125 e. The van der Waals surface area contributed by atoms with Gasteiger partial charge in [-0.05, 0) is 24.3 Å². The summed E-state index contributed by atoms with van der Waals surface area (Å²) in [6.07, 6.45) is 1.86. The molecular weight excluding hydrogens is 241 g/mol. The van der Waals surface area contributed by atoms with Crippen LogP contribution in [0.2, 0.25) is 0 Å². The molecule has 1 aromatic heterocycles. The molecule has 1 heterocycles. The molecule has 1 N–H and O–H groups in total. The highest BCUT2D eigenvalue weighted by molar-refractivity contribution is 5.78. The number of hydrogen-bond donors (Lipinski definition) is 1. The van der Waals surface area contributed by atoms with E-state index in [0.29, 0.717) is 6.54 Å². The second-order valence-corrected chi connectivity index (χ2v) is 4.36. The molecule has 2 aromatic carbocycles. The standard InChI is InChI=1S/C15H14FN3/c16-13-5-3-6-14(10-13)17-8-9-19-15-7-2-1-4-12(15)11-18-19/h1-7,10-11,17H,8-9H2. The maximum atomic E-state index is 13.0. The predicted molar refractivity (Wildman–Crippen MR) is 74.6 cm³/mol. The van der Waals surface area contributed by atoms with Crippen LogP contribution in [-0.4, -0.2) is 16.3 Å². The summed E-state index contributed by atoms with van der Waals surface area (Å²) in [6, 6.07) is 14.6. The van der Waals surface area contributed by atoms with E-state index in [0.717, 1.165) is 23.1 Å². The SMILES string of the molecule is Fc1cccc(NCCn2ncc3ccccc32)c1. The molecule has 0 radical (unpaired) electrons. The van der Waals surface area contributed by atoms with Crippen LogP contribution < -0.4 is 5.32 Å². The van der Waals surface area contributed by atoms with E-state index in [1.165, 1.54) is 12.1 Å². The molecule has 0 spiro atoms. The van der Waals surface area contributed by atoms with Crippen molar-refractivity contribution < 1.29 is 4.39 Å². The molecule has 0 aliphatic rings. The van der Waals surface area contributed by atoms with Gasteiger partial charge in [0.1, 0.15) is 5.82 Å². The first-order chi connectivity index (χ1) is 9.33. The van der Waals surface area contributed by atoms with E-state index in [9.17, 15) is 4.39 Å². The van der Waals surface area contributed by atoms with Crippen molar-refractivity contribution in [2.75, 3.05) is 11.9 Å². The fourth-order valence-electron chi connectivity index (χ4n) is 2.11. The van der Waals surface area contributed by atoms with Crippen molar-refractivity contribution in [3.63, 3.8) is 0 Å². The summed E-state index contributed by atoms with van der Waals surface area (Å²) >= 11 is 0. The molecule has 96 valence electrons. The Labute approximate surface area is 110 Å². The van der Waals surface area contributed by atoms with E-state index < -0.39 is 0 Å². The number of fused-ring (bicyclic) bond motifs is 1. The van der Waals surface area contributed by atoms with E-state index >= 15 is 0 Å². The molecule has 19 heavy (non-hydrogen) atoms. The zero-order valence-electron chi connectivity index (χ0n) is 10.4. The van der Waals surface area contributed by atoms with Crippen LogP contribution in [0.4, 0.5) is 10.1 Å². The molecular formula is C15H14FN3. The number of nitrogens with zero attached hydrogens (tertiary/aromatic N) is 2. The van der Waals surface area contributed by atoms with Gasteiger partial charge in [0, 0.05) is 17.6 Å². The predicted octanol–water partition coefficient (Wildman–Crippen LogP) is 3.29. The Kier molecular flexibility index (Phi) is 3.14. The lowest BCUT2D eigenvalue weighted by Gasteiger charge is -2.07. The van der Waals surface area contributed by atoms with Crippen LogP contribution in [0.5, 0.6) is 0 Å². The lowest BCUT2D eigenvalue weighted by atomic mass is 10.2. The van der Waals surface area contributed by atoms with Gasteiger partial charge in [0.25, 0.3) is 0 Å². The van der Waals surface area contributed by atoms with Crippen molar-refractivity contribution in [2.45, 2.75) is 6.54 Å². The third-order valence-corrected chi connectivity index (χ3v) is 3.03. The molecule has 4 heteroatoms. The fourth-order valence-corrected chi connectivity index (χ4v) is 2.11. The van der Waals surface area contributed by atoms with Gasteiger partial charge in [0.15, 0.2) is 0 Å². The molecule has 0 amide bonds. The molecule has 0 saturated carbocycles. The third-order valence-electron chi connectivity index (χ3n) is 3.03. The minimum absolute atomic E-state index is 0.227. The van der Waals surface area contributed by atoms with Crippen molar-refractivity contribution in [1.29, 1.82) is 0 Å². The maximum Gasteiger partial charge on any atom is 0.125 e. The summed E-state index contributed by atoms with van der Waals surface area (Å²) < 4.78 is 15.0. The van der Waals surface area contributed by atoms with Crippen LogP contribution in [0, 0.1) is 5.82 Å². The largest absolute Gasteiger partial charge is 0.383 e. The van der Waals surface area contributed by atoms with Gasteiger partial charge in [0.05, 0.1) is 18.3 Å². The number of rotatable bonds is 4. The topological polar surface area (TPSA) is 29.9 Å². The second kappa shape index (κ2) is 5.10. The zero-order chi connectivity index (χ0) is 13.1. The van der Waals surface area contributed by atoms with Crippen LogP contribution >= 0.6 is 0 Å². The van der Waals surface area contributed by atoms with E-state index in [4.69, 9.17) is 0 Å². The average molecular weight is 255 g/mol. The Balaban J connectivity index is 1.66. The normalized spacial score (nSPS) is 10.8. The molecule has 3 nitrogen and oxygen atoms in total. The van der Waals surface area contributed by atoms with Crippen LogP contribution in [0.25, 0.3) is 10.9 Å². The van der Waals surface area contributed by atoms with Gasteiger partial charge in [-0.2, -0.15) is 5.10 Å². The van der Waals surface area contributed by atoms with Gasteiger partial charge in [-0.1, -0.05) is 24.3 Å². The van der Waals surface area contributed by atoms with Crippen LogP contribution in [0.15, 0.2) is 54.7 Å². The number of aromatic nitrogens is 2. The fraction of sp³-hybridized carbons (Fsp3) is 0.133. The summed E-state index contributed by atoms with van der Waals surface area (Å²) in [6.45, 7) is 1.44. The van der Waals surface area contributed by atoms with Crippen molar-refractivity contribution >= 4 is 16.6 Å². The Morgan fingerprint density at radius 1 is 1.11 bits per heavy atom. The van der Waals surface area contributed by atoms with Crippen molar-refractivity contribution in [3.8, 4) is 0 Å². The minimum Gasteiger partial charge on any atom is -0.383 e. The number of anilines is 1. The molecule has 3 rings (SSSR count). The number of halogens is 1. The summed E-state index contributed by atoms with van der Waals surface area (Å²) in [4.78, 5) is 0. The van der Waals surface area contributed by atoms with Gasteiger partial charge in [0.2, 0.25) is 0 Å². The summed E-state index contributed by atoms with van der Waals surface area (Å²) in [5, 5.41) is 8.67. The van der Waals surface area contributed by atoms with E-state index in [-0.39, 0.29) is 5.82 Å². The van der Waals surface area contributed by atoms with Crippen LogP contribution in [-0.2, 0) is 6.54 Å². The Hall–Kier alpha value is -2.36. The van der Waals surface area contributed by atoms with Crippen molar-refractivity contribution in [1.82, 2.24) is 9.78 Å². The summed E-state index contributed by atoms with van der Waals surface area (Å²) in [5.74, 6) is -0.227. The zero-order valence-corrected chi connectivity index (χ0v) is 10.4. The first-order valence-electron chi connectivity index (χ1n) is 6.23. The number of para-hydroxylation sites is 1. The molecule has 3 aromatic rings. The van der Waals surface area contributed by atoms with Gasteiger partial charge >= 0.3 is 0 Å². The Bertz CT molecular complexity index is 690. The molecule has 0 aliphatic heterocycles. The molecule has 0 bridgehead atoms. The third kappa shape index (κ3) is 2.57. The molecule has 0 unspecified atom stereocenters. The second-order valence-electron chi connectivity index (χ2n) is 4.36. The Morgan fingerprint density at radius 3 is 2.89 bits per heavy atom. The van der Waals surface area contributed by atoms with E-state index in [1.54, 1.807) is 6.07 Å². The number of nitrogens with one attached hydrogen (secondary N) is 1. The molecule has 0 aliphatic carbocycles. The summed E-state index contributed by atoms with van der Waals surface area (Å²) in [5.41, 5.74) is 1.90. The van der Waals surface area contributed by atoms with E-state index in [2.05, 4.69) is 10.4 Å². The van der Waals surface area contributed by atoms with Gasteiger partial charge in [-0.3, -0.25) is 4.68 Å². The summed E-state index contributed by atoms with van der Waals surface area (Å²) in [7, 11) is 0. The van der Waals surface area contributed by atoms with E-state index in [1.807, 2.05) is 41.2 Å². The molecule has 0 atom stereocenters. The van der Waals surface area contributed by atoms with Crippen molar-refractivity contribution in [2.24, 2.45) is 0 Å². The number of hydrogen-bond acceptors (Lipinski definition) is 2. The average Bonchev–Trinajstić information content (AvgIpc) is 2.83. The highest BCUT2D eigenvalue weighted by Gasteiger charge is 2.01. The Morgan fingerprint density at radius 2 is 2.00 bits per heavy atom. The van der Waals surface area contributed by atoms with Gasteiger partial charge in [-0.15, -0.1) is 0 Å². The van der Waals surface area contributed by atoms with Crippen LogP contribution in [0.3, 0.4) is 0 Å². The number of benzene rings is 2. The quantitative estimate of drug-likeness (QED) is 0.775. The first kappa shape index (κ1) is 11.7.